The van der Waals surface area contributed by atoms with Crippen molar-refractivity contribution in [2.45, 2.75) is 33.7 Å². The number of nitrogens with zero attached hydrogens (tertiary/aromatic N) is 4. The molecule has 182 valence electrons. The van der Waals surface area contributed by atoms with Gasteiger partial charge in [-0.2, -0.15) is 0 Å². The van der Waals surface area contributed by atoms with E-state index in [4.69, 9.17) is 4.63 Å². The molecular weight excluding hydrogens is 452 g/mol. The van der Waals surface area contributed by atoms with Crippen molar-refractivity contribution in [1.29, 1.82) is 0 Å². The Morgan fingerprint density at radius 1 is 1.12 bits per heavy atom. The summed E-state index contributed by atoms with van der Waals surface area (Å²) in [6.45, 7) is 11.4. The van der Waals surface area contributed by atoms with E-state index in [2.05, 4.69) is 65.7 Å². The number of hydrogen-bond donors (Lipinski definition) is 3. The third kappa shape index (κ3) is 5.18. The normalized spacial score (nSPS) is 15.9. The van der Waals surface area contributed by atoms with Crippen LogP contribution in [0.15, 0.2) is 35.0 Å². The van der Waals surface area contributed by atoms with Gasteiger partial charge in [0.05, 0.1) is 17.3 Å². The average molecular weight is 485 g/mol. The van der Waals surface area contributed by atoms with E-state index >= 15 is 0 Å². The van der Waals surface area contributed by atoms with Gasteiger partial charge in [-0.3, -0.25) is 4.79 Å². The molecule has 0 bridgehead atoms. The Morgan fingerprint density at radius 2 is 1.82 bits per heavy atom. The Balaban J connectivity index is 1.55. The molecule has 3 heterocycles. The quantitative estimate of drug-likeness (QED) is 0.440. The number of hydrogen-bond acceptors (Lipinski definition) is 9. The second-order valence-corrected chi connectivity index (χ2v) is 11.1. The van der Waals surface area contributed by atoms with Gasteiger partial charge in [0.15, 0.2) is 5.75 Å². The van der Waals surface area contributed by atoms with E-state index in [1.165, 1.54) is 9.75 Å². The van der Waals surface area contributed by atoms with E-state index in [-0.39, 0.29) is 28.7 Å². The molecular formula is C24H32N6O3S. The second-order valence-electron chi connectivity index (χ2n) is 9.78. The highest BCUT2D eigenvalue weighted by Gasteiger charge is 2.30. The van der Waals surface area contributed by atoms with Crippen molar-refractivity contribution >= 4 is 34.6 Å². The van der Waals surface area contributed by atoms with Crippen molar-refractivity contribution in [2.24, 2.45) is 5.41 Å². The Morgan fingerprint density at radius 3 is 2.47 bits per heavy atom. The van der Waals surface area contributed by atoms with Gasteiger partial charge in [-0.05, 0) is 54.0 Å². The molecule has 1 amide bonds. The molecule has 0 aliphatic carbocycles. The maximum Gasteiger partial charge on any atom is 0.257 e. The van der Waals surface area contributed by atoms with Gasteiger partial charge in [0, 0.05) is 35.9 Å². The van der Waals surface area contributed by atoms with Crippen molar-refractivity contribution in [2.75, 3.05) is 43.9 Å². The third-order valence-electron chi connectivity index (χ3n) is 5.99. The molecule has 0 saturated carbocycles. The van der Waals surface area contributed by atoms with Crippen LogP contribution >= 0.6 is 11.3 Å². The number of phenolic OH excluding ortho intramolecular Hbond substituents is 1. The number of benzene rings is 1. The number of phenols is 1. The molecule has 1 aromatic carbocycles. The highest BCUT2D eigenvalue weighted by atomic mass is 32.1. The van der Waals surface area contributed by atoms with Crippen LogP contribution < -0.4 is 10.6 Å². The summed E-state index contributed by atoms with van der Waals surface area (Å²) in [5.74, 6) is 0.455. The monoisotopic (exact) mass is 484 g/mol. The minimum absolute atomic E-state index is 0.0302. The number of nitrogens with one attached hydrogen (secondary N) is 2. The lowest BCUT2D eigenvalue weighted by atomic mass is 9.86. The molecule has 1 aliphatic heterocycles. The number of amides is 1. The summed E-state index contributed by atoms with van der Waals surface area (Å²) in [6.07, 6.45) is 0. The third-order valence-corrected chi connectivity index (χ3v) is 7.06. The fourth-order valence-corrected chi connectivity index (χ4v) is 5.12. The molecule has 9 nitrogen and oxygen atoms in total. The van der Waals surface area contributed by atoms with Crippen LogP contribution in [0.3, 0.4) is 0 Å². The Kier molecular flexibility index (Phi) is 6.81. The molecule has 0 radical (unpaired) electrons. The molecule has 10 heteroatoms. The summed E-state index contributed by atoms with van der Waals surface area (Å²) < 4.78 is 5.01. The van der Waals surface area contributed by atoms with Crippen molar-refractivity contribution < 1.29 is 14.5 Å². The predicted octanol–water partition coefficient (Wildman–Crippen LogP) is 4.48. The molecule has 3 aromatic rings. The molecule has 34 heavy (non-hydrogen) atoms. The molecule has 0 spiro atoms. The Labute approximate surface area is 203 Å². The Bertz CT molecular complexity index is 1140. The lowest BCUT2D eigenvalue weighted by Crippen LogP contribution is -2.47. The molecule has 0 unspecified atom stereocenters. The van der Waals surface area contributed by atoms with E-state index in [1.807, 2.05) is 7.05 Å². The maximum absolute atomic E-state index is 13.0. The van der Waals surface area contributed by atoms with Crippen molar-refractivity contribution in [3.63, 3.8) is 0 Å². The summed E-state index contributed by atoms with van der Waals surface area (Å²) >= 11 is 1.73. The number of likely N-dealkylation sites (N-methyl/N-ethyl adjacent to an activating group) is 1. The van der Waals surface area contributed by atoms with Crippen LogP contribution in [-0.2, 0) is 0 Å². The first-order valence-corrected chi connectivity index (χ1v) is 12.2. The van der Waals surface area contributed by atoms with Gasteiger partial charge in [0.1, 0.15) is 0 Å². The fraction of sp³-hybridized carbons (Fsp3) is 0.458. The largest absolute Gasteiger partial charge is 0.505 e. The number of carbonyl (C=O) groups is 1. The zero-order valence-electron chi connectivity index (χ0n) is 20.3. The van der Waals surface area contributed by atoms with Crippen LogP contribution in [0, 0.1) is 12.3 Å². The number of piperazine rings is 1. The predicted molar refractivity (Wildman–Crippen MR) is 134 cm³/mol. The van der Waals surface area contributed by atoms with Gasteiger partial charge in [0.25, 0.3) is 5.91 Å². The molecule has 1 saturated heterocycles. The summed E-state index contributed by atoms with van der Waals surface area (Å²) in [4.78, 5) is 19.4. The van der Waals surface area contributed by atoms with E-state index in [9.17, 15) is 9.90 Å². The number of thiophene rings is 1. The zero-order valence-corrected chi connectivity index (χ0v) is 21.1. The first-order valence-electron chi connectivity index (χ1n) is 11.4. The van der Waals surface area contributed by atoms with Crippen LogP contribution in [0.1, 0.15) is 46.9 Å². The highest BCUT2D eigenvalue weighted by Crippen LogP contribution is 2.40. The molecule has 4 rings (SSSR count). The fourth-order valence-electron chi connectivity index (χ4n) is 3.95. The van der Waals surface area contributed by atoms with Gasteiger partial charge in [0.2, 0.25) is 11.6 Å². The number of aromatic nitrogens is 2. The number of aromatic hydroxyl groups is 1. The minimum Gasteiger partial charge on any atom is -0.505 e. The molecule has 2 aromatic heterocycles. The van der Waals surface area contributed by atoms with E-state index in [0.717, 1.165) is 13.1 Å². The lowest BCUT2D eigenvalue weighted by Gasteiger charge is -2.32. The van der Waals surface area contributed by atoms with Crippen LogP contribution in [-0.4, -0.2) is 64.4 Å². The van der Waals surface area contributed by atoms with Gasteiger partial charge in [-0.25, -0.2) is 4.63 Å². The molecule has 3 N–H and O–H groups in total. The zero-order chi connectivity index (χ0) is 24.5. The van der Waals surface area contributed by atoms with Crippen LogP contribution in [0.2, 0.25) is 0 Å². The standard InChI is InChI=1S/C24H32N6O3S/c1-15-9-10-18(34-15)20(24(2,3)4)26-22-21(27-33-28-22)25-17-8-6-7-16(19(17)31)23(32)30-13-11-29(5)12-14-30/h6-10,20,31H,11-14H2,1-5H3,(H,25,27)(H,26,28)/t20-/m0/s1. The SMILES string of the molecule is Cc1ccc([C@H](Nc2nonc2Nc2cccc(C(=O)N3CCN(C)CC3)c2O)C(C)(C)C)s1. The van der Waals surface area contributed by atoms with Crippen LogP contribution in [0.4, 0.5) is 17.3 Å². The topological polar surface area (TPSA) is 107 Å². The van der Waals surface area contributed by atoms with Gasteiger partial charge in [-0.15, -0.1) is 11.3 Å². The molecule has 1 atom stereocenters. The summed E-state index contributed by atoms with van der Waals surface area (Å²) in [7, 11) is 2.03. The molecule has 1 fully saturated rings. The second kappa shape index (κ2) is 9.63. The summed E-state index contributed by atoms with van der Waals surface area (Å²) in [6, 6.07) is 9.24. The number of rotatable bonds is 6. The van der Waals surface area contributed by atoms with Crippen LogP contribution in [0.25, 0.3) is 0 Å². The average Bonchev–Trinajstić information content (AvgIpc) is 3.41. The van der Waals surface area contributed by atoms with E-state index in [1.54, 1.807) is 34.4 Å². The Hall–Kier alpha value is -3.11. The summed E-state index contributed by atoms with van der Waals surface area (Å²) in [5, 5.41) is 25.5. The number of para-hydroxylation sites is 1. The number of carbonyl (C=O) groups excluding carboxylic acids is 1. The smallest absolute Gasteiger partial charge is 0.257 e. The number of aryl methyl sites for hydroxylation is 1. The van der Waals surface area contributed by atoms with E-state index < -0.39 is 0 Å². The van der Waals surface area contributed by atoms with Crippen LogP contribution in [0.5, 0.6) is 5.75 Å². The van der Waals surface area contributed by atoms with Gasteiger partial charge < -0.3 is 25.5 Å². The van der Waals surface area contributed by atoms with E-state index in [0.29, 0.717) is 30.4 Å². The minimum atomic E-state index is -0.188. The first-order chi connectivity index (χ1) is 16.1. The highest BCUT2D eigenvalue weighted by molar-refractivity contribution is 7.12. The van der Waals surface area contributed by atoms with Crippen molar-refractivity contribution in [1.82, 2.24) is 20.1 Å². The summed E-state index contributed by atoms with van der Waals surface area (Å²) in [5.41, 5.74) is 0.505. The first kappa shape index (κ1) is 24.0. The maximum atomic E-state index is 13.0. The lowest BCUT2D eigenvalue weighted by molar-refractivity contribution is 0.0661. The number of anilines is 3. The van der Waals surface area contributed by atoms with Crippen molar-refractivity contribution in [3.05, 3.63) is 45.6 Å². The van der Waals surface area contributed by atoms with Gasteiger partial charge >= 0.3 is 0 Å². The van der Waals surface area contributed by atoms with Gasteiger partial charge in [-0.1, -0.05) is 26.8 Å². The van der Waals surface area contributed by atoms with Crippen molar-refractivity contribution in [3.8, 4) is 5.75 Å². The molecule has 1 aliphatic rings.